The number of para-hydroxylation sites is 1. The molecule has 3 rings (SSSR count). The Morgan fingerprint density at radius 3 is 2.30 bits per heavy atom. The summed E-state index contributed by atoms with van der Waals surface area (Å²) in [4.78, 5) is 12.2. The van der Waals surface area contributed by atoms with Gasteiger partial charge in [0.2, 0.25) is 0 Å². The number of furan rings is 1. The first-order valence-electron chi connectivity index (χ1n) is 7.38. The zero-order valence-electron chi connectivity index (χ0n) is 12.5. The van der Waals surface area contributed by atoms with Crippen molar-refractivity contribution in [3.05, 3.63) is 90.4 Å². The molecule has 1 aromatic heterocycles. The lowest BCUT2D eigenvalue weighted by Gasteiger charge is -2.17. The van der Waals surface area contributed by atoms with Gasteiger partial charge in [0, 0.05) is 0 Å². The molecule has 1 unspecified atom stereocenters. The van der Waals surface area contributed by atoms with E-state index in [9.17, 15) is 4.79 Å². The van der Waals surface area contributed by atoms with Crippen molar-refractivity contribution in [2.45, 2.75) is 6.04 Å². The van der Waals surface area contributed by atoms with Gasteiger partial charge >= 0.3 is 0 Å². The fourth-order valence-electron chi connectivity index (χ4n) is 2.29. The topological polar surface area (TPSA) is 51.5 Å². The predicted octanol–water partition coefficient (Wildman–Crippen LogP) is 3.56. The van der Waals surface area contributed by atoms with Gasteiger partial charge in [0.15, 0.2) is 6.61 Å². The lowest BCUT2D eigenvalue weighted by Crippen LogP contribution is -2.33. The van der Waals surface area contributed by atoms with Crippen LogP contribution in [0.25, 0.3) is 0 Å². The highest BCUT2D eigenvalue weighted by atomic mass is 16.5. The Balaban J connectivity index is 1.68. The van der Waals surface area contributed by atoms with Gasteiger partial charge in [-0.15, -0.1) is 0 Å². The molecule has 0 saturated carbocycles. The van der Waals surface area contributed by atoms with Crippen LogP contribution < -0.4 is 10.1 Å². The zero-order valence-corrected chi connectivity index (χ0v) is 12.5. The molecule has 116 valence electrons. The summed E-state index contributed by atoms with van der Waals surface area (Å²) in [5.41, 5.74) is 0.954. The predicted molar refractivity (Wildman–Crippen MR) is 87.1 cm³/mol. The molecule has 3 aromatic rings. The van der Waals surface area contributed by atoms with E-state index in [1.165, 1.54) is 0 Å². The lowest BCUT2D eigenvalue weighted by molar-refractivity contribution is -0.123. The number of rotatable bonds is 6. The number of hydrogen-bond donors (Lipinski definition) is 1. The Morgan fingerprint density at radius 2 is 1.65 bits per heavy atom. The average Bonchev–Trinajstić information content (AvgIpc) is 3.14. The van der Waals surface area contributed by atoms with Crippen LogP contribution >= 0.6 is 0 Å². The summed E-state index contributed by atoms with van der Waals surface area (Å²) < 4.78 is 10.9. The molecule has 1 amide bonds. The van der Waals surface area contributed by atoms with Crippen LogP contribution in [-0.4, -0.2) is 12.5 Å². The second-order valence-electron chi connectivity index (χ2n) is 5.03. The maximum absolute atomic E-state index is 12.2. The Bertz CT molecular complexity index is 724. The Morgan fingerprint density at radius 1 is 0.957 bits per heavy atom. The van der Waals surface area contributed by atoms with Gasteiger partial charge < -0.3 is 14.5 Å². The smallest absolute Gasteiger partial charge is 0.258 e. The number of carbonyl (C=O) groups excluding carboxylic acids is 1. The van der Waals surface area contributed by atoms with E-state index in [0.717, 1.165) is 5.56 Å². The monoisotopic (exact) mass is 307 g/mol. The molecule has 0 aliphatic heterocycles. The van der Waals surface area contributed by atoms with Crippen LogP contribution in [-0.2, 0) is 4.79 Å². The molecule has 23 heavy (non-hydrogen) atoms. The van der Waals surface area contributed by atoms with Crippen LogP contribution in [0.5, 0.6) is 5.75 Å². The first kappa shape index (κ1) is 14.9. The van der Waals surface area contributed by atoms with Crippen molar-refractivity contribution in [1.29, 1.82) is 0 Å². The zero-order chi connectivity index (χ0) is 15.9. The van der Waals surface area contributed by atoms with Crippen molar-refractivity contribution in [2.75, 3.05) is 6.61 Å². The molecular weight excluding hydrogens is 290 g/mol. The van der Waals surface area contributed by atoms with E-state index in [1.807, 2.05) is 66.7 Å². The summed E-state index contributed by atoms with van der Waals surface area (Å²) in [7, 11) is 0. The number of amides is 1. The minimum absolute atomic E-state index is 0.0476. The summed E-state index contributed by atoms with van der Waals surface area (Å²) in [5, 5.41) is 2.95. The Labute approximate surface area is 134 Å². The third-order valence-corrected chi connectivity index (χ3v) is 3.38. The Kier molecular flexibility index (Phi) is 4.74. The maximum atomic E-state index is 12.2. The number of hydrogen-bond acceptors (Lipinski definition) is 3. The van der Waals surface area contributed by atoms with E-state index < -0.39 is 0 Å². The summed E-state index contributed by atoms with van der Waals surface area (Å²) in [5.74, 6) is 1.14. The molecule has 1 N–H and O–H groups in total. The standard InChI is InChI=1S/C19H17NO3/c21-18(14-23-16-10-5-2-6-11-16)20-19(17-12-7-13-22-17)15-8-3-1-4-9-15/h1-13,19H,14H2,(H,20,21). The fraction of sp³-hybridized carbons (Fsp3) is 0.105. The van der Waals surface area contributed by atoms with Crippen molar-refractivity contribution in [1.82, 2.24) is 5.32 Å². The molecular formula is C19H17NO3. The minimum Gasteiger partial charge on any atom is -0.484 e. The highest BCUT2D eigenvalue weighted by Gasteiger charge is 2.19. The van der Waals surface area contributed by atoms with E-state index in [0.29, 0.717) is 11.5 Å². The molecule has 0 bridgehead atoms. The summed E-state index contributed by atoms with van der Waals surface area (Å²) in [6.45, 7) is -0.0476. The molecule has 0 aliphatic rings. The van der Waals surface area contributed by atoms with Crippen molar-refractivity contribution in [3.8, 4) is 5.75 Å². The van der Waals surface area contributed by atoms with E-state index in [4.69, 9.17) is 9.15 Å². The van der Waals surface area contributed by atoms with Gasteiger partial charge in [-0.05, 0) is 29.8 Å². The van der Waals surface area contributed by atoms with Crippen LogP contribution in [0.2, 0.25) is 0 Å². The highest BCUT2D eigenvalue weighted by molar-refractivity contribution is 5.78. The lowest BCUT2D eigenvalue weighted by atomic mass is 10.0. The fourth-order valence-corrected chi connectivity index (χ4v) is 2.29. The minimum atomic E-state index is -0.335. The van der Waals surface area contributed by atoms with Gasteiger partial charge in [0.25, 0.3) is 5.91 Å². The average molecular weight is 307 g/mol. The molecule has 1 heterocycles. The summed E-state index contributed by atoms with van der Waals surface area (Å²) in [6, 6.07) is 22.3. The third-order valence-electron chi connectivity index (χ3n) is 3.38. The van der Waals surface area contributed by atoms with Crippen LogP contribution in [0.4, 0.5) is 0 Å². The van der Waals surface area contributed by atoms with Crippen molar-refractivity contribution in [3.63, 3.8) is 0 Å². The second-order valence-corrected chi connectivity index (χ2v) is 5.03. The molecule has 0 radical (unpaired) electrons. The van der Waals surface area contributed by atoms with E-state index in [2.05, 4.69) is 5.32 Å². The first-order valence-corrected chi connectivity index (χ1v) is 7.38. The first-order chi connectivity index (χ1) is 11.3. The van der Waals surface area contributed by atoms with Crippen molar-refractivity contribution in [2.24, 2.45) is 0 Å². The molecule has 4 heteroatoms. The molecule has 0 saturated heterocycles. The molecule has 0 aliphatic carbocycles. The van der Waals surface area contributed by atoms with Gasteiger partial charge in [0.05, 0.1) is 6.26 Å². The number of benzene rings is 2. The van der Waals surface area contributed by atoms with E-state index in [-0.39, 0.29) is 18.6 Å². The van der Waals surface area contributed by atoms with Crippen molar-refractivity contribution >= 4 is 5.91 Å². The number of carbonyl (C=O) groups is 1. The van der Waals surface area contributed by atoms with Crippen LogP contribution in [0.1, 0.15) is 17.4 Å². The molecule has 2 aromatic carbocycles. The van der Waals surface area contributed by atoms with E-state index >= 15 is 0 Å². The summed E-state index contributed by atoms with van der Waals surface area (Å²) >= 11 is 0. The van der Waals surface area contributed by atoms with Gasteiger partial charge in [-0.25, -0.2) is 0 Å². The quantitative estimate of drug-likeness (QED) is 0.757. The molecule has 0 fully saturated rings. The van der Waals surface area contributed by atoms with Crippen LogP contribution in [0.3, 0.4) is 0 Å². The largest absolute Gasteiger partial charge is 0.484 e. The van der Waals surface area contributed by atoms with E-state index in [1.54, 1.807) is 12.3 Å². The van der Waals surface area contributed by atoms with Gasteiger partial charge in [0.1, 0.15) is 17.6 Å². The van der Waals surface area contributed by atoms with Crippen LogP contribution in [0.15, 0.2) is 83.5 Å². The molecule has 1 atom stereocenters. The second kappa shape index (κ2) is 7.31. The maximum Gasteiger partial charge on any atom is 0.258 e. The Hall–Kier alpha value is -3.01. The normalized spacial score (nSPS) is 11.7. The van der Waals surface area contributed by atoms with Gasteiger partial charge in [-0.3, -0.25) is 4.79 Å². The van der Waals surface area contributed by atoms with Crippen molar-refractivity contribution < 1.29 is 13.9 Å². The molecule has 4 nitrogen and oxygen atoms in total. The SMILES string of the molecule is O=C(COc1ccccc1)NC(c1ccccc1)c1ccco1. The highest BCUT2D eigenvalue weighted by Crippen LogP contribution is 2.22. The third kappa shape index (κ3) is 4.01. The number of ether oxygens (including phenoxy) is 1. The van der Waals surface area contributed by atoms with Gasteiger partial charge in [-0.1, -0.05) is 48.5 Å². The summed E-state index contributed by atoms with van der Waals surface area (Å²) in [6.07, 6.45) is 1.60. The molecule has 0 spiro atoms. The van der Waals surface area contributed by atoms with Gasteiger partial charge in [-0.2, -0.15) is 0 Å². The number of nitrogens with one attached hydrogen (secondary N) is 1. The van der Waals surface area contributed by atoms with Crippen LogP contribution in [0, 0.1) is 0 Å².